The van der Waals surface area contributed by atoms with E-state index in [0.29, 0.717) is 22.5 Å². The smallest absolute Gasteiger partial charge is 0.146 e. The minimum absolute atomic E-state index is 0.188. The zero-order valence-corrected chi connectivity index (χ0v) is 14.5. The first kappa shape index (κ1) is 16.5. The van der Waals surface area contributed by atoms with Gasteiger partial charge in [-0.3, -0.25) is 0 Å². The van der Waals surface area contributed by atoms with Crippen molar-refractivity contribution in [3.8, 4) is 0 Å². The van der Waals surface area contributed by atoms with E-state index >= 15 is 0 Å². The lowest BCUT2D eigenvalue weighted by atomic mass is 10.1. The number of hydrogen-bond acceptors (Lipinski definition) is 2. The van der Waals surface area contributed by atoms with Crippen LogP contribution in [-0.2, 0) is 12.8 Å². The van der Waals surface area contributed by atoms with Gasteiger partial charge in [0, 0.05) is 12.5 Å². The molecule has 6 heteroatoms. The first-order chi connectivity index (χ1) is 9.86. The zero-order valence-electron chi connectivity index (χ0n) is 11.6. The lowest BCUT2D eigenvalue weighted by Crippen LogP contribution is -2.08. The van der Waals surface area contributed by atoms with E-state index in [0.717, 1.165) is 21.8 Å². The molecule has 0 unspecified atom stereocenters. The molecule has 0 aliphatic heterocycles. The third kappa shape index (κ3) is 4.32. The molecule has 0 aliphatic carbocycles. The Labute approximate surface area is 141 Å². The number of benzene rings is 1. The Morgan fingerprint density at radius 2 is 1.95 bits per heavy atom. The highest BCUT2D eigenvalue weighted by molar-refractivity contribution is 14.1. The van der Waals surface area contributed by atoms with Crippen molar-refractivity contribution in [2.75, 3.05) is 0 Å². The van der Waals surface area contributed by atoms with Crippen LogP contribution in [0.2, 0.25) is 5.15 Å². The second-order valence-corrected chi connectivity index (χ2v) is 6.64. The van der Waals surface area contributed by atoms with Crippen molar-refractivity contribution >= 4 is 34.2 Å². The summed E-state index contributed by atoms with van der Waals surface area (Å²) in [5.41, 5.74) is 1.22. The highest BCUT2D eigenvalue weighted by Gasteiger charge is 2.14. The van der Waals surface area contributed by atoms with Crippen LogP contribution in [0.4, 0.5) is 8.78 Å². The number of nitrogens with zero attached hydrogens (tertiary/aromatic N) is 2. The van der Waals surface area contributed by atoms with Crippen LogP contribution in [0, 0.1) is 21.1 Å². The van der Waals surface area contributed by atoms with E-state index in [4.69, 9.17) is 11.6 Å². The molecule has 0 radical (unpaired) electrons. The molecule has 0 fully saturated rings. The summed E-state index contributed by atoms with van der Waals surface area (Å²) in [4.78, 5) is 8.65. The molecule has 0 bridgehead atoms. The molecule has 0 saturated heterocycles. The molecule has 2 nitrogen and oxygen atoms in total. The number of hydrogen-bond donors (Lipinski definition) is 0. The summed E-state index contributed by atoms with van der Waals surface area (Å²) in [7, 11) is 0. The van der Waals surface area contributed by atoms with E-state index in [1.165, 1.54) is 12.1 Å². The number of rotatable bonds is 4. The monoisotopic (exact) mass is 422 g/mol. The van der Waals surface area contributed by atoms with Gasteiger partial charge in [-0.25, -0.2) is 18.7 Å². The molecular formula is C15H14ClF2IN2. The highest BCUT2D eigenvalue weighted by Crippen LogP contribution is 2.23. The Kier molecular flexibility index (Phi) is 5.48. The van der Waals surface area contributed by atoms with Gasteiger partial charge >= 0.3 is 0 Å². The van der Waals surface area contributed by atoms with E-state index in [1.807, 2.05) is 0 Å². The molecule has 0 N–H and O–H groups in total. The zero-order chi connectivity index (χ0) is 15.6. The predicted molar refractivity (Wildman–Crippen MR) is 87.5 cm³/mol. The second kappa shape index (κ2) is 6.96. The van der Waals surface area contributed by atoms with E-state index in [9.17, 15) is 8.78 Å². The van der Waals surface area contributed by atoms with Crippen molar-refractivity contribution in [1.82, 2.24) is 9.97 Å². The van der Waals surface area contributed by atoms with E-state index in [-0.39, 0.29) is 6.42 Å². The van der Waals surface area contributed by atoms with Crippen LogP contribution in [-0.4, -0.2) is 9.97 Å². The quantitative estimate of drug-likeness (QED) is 0.522. The molecule has 0 atom stereocenters. The molecule has 2 rings (SSSR count). The lowest BCUT2D eigenvalue weighted by Gasteiger charge is -2.10. The molecule has 0 saturated carbocycles. The highest BCUT2D eigenvalue weighted by atomic mass is 127. The van der Waals surface area contributed by atoms with Gasteiger partial charge in [0.05, 0.1) is 9.26 Å². The third-order valence-corrected chi connectivity index (χ3v) is 4.62. The van der Waals surface area contributed by atoms with Crippen LogP contribution in [0.15, 0.2) is 18.2 Å². The molecule has 1 aromatic heterocycles. The SMILES string of the molecule is CC(C)Cc1nc(Cc2ccc(F)cc2F)nc(Cl)c1I. The maximum atomic E-state index is 13.7. The van der Waals surface area contributed by atoms with E-state index in [1.54, 1.807) is 0 Å². The summed E-state index contributed by atoms with van der Waals surface area (Å²) in [5, 5.41) is 0.374. The summed E-state index contributed by atoms with van der Waals surface area (Å²) in [6.07, 6.45) is 0.966. The van der Waals surface area contributed by atoms with Crippen LogP contribution < -0.4 is 0 Å². The Morgan fingerprint density at radius 3 is 2.57 bits per heavy atom. The maximum Gasteiger partial charge on any atom is 0.146 e. The molecule has 21 heavy (non-hydrogen) atoms. The van der Waals surface area contributed by atoms with Crippen molar-refractivity contribution in [2.45, 2.75) is 26.7 Å². The van der Waals surface area contributed by atoms with Gasteiger partial charge in [-0.15, -0.1) is 0 Å². The van der Waals surface area contributed by atoms with Crippen molar-refractivity contribution in [3.05, 3.63) is 55.6 Å². The largest absolute Gasteiger partial charge is 0.236 e. The molecule has 0 amide bonds. The fourth-order valence-electron chi connectivity index (χ4n) is 1.95. The minimum Gasteiger partial charge on any atom is -0.236 e. The van der Waals surface area contributed by atoms with Crippen molar-refractivity contribution in [1.29, 1.82) is 0 Å². The normalized spacial score (nSPS) is 11.2. The van der Waals surface area contributed by atoms with Crippen LogP contribution in [0.5, 0.6) is 0 Å². The van der Waals surface area contributed by atoms with Gasteiger partial charge in [0.25, 0.3) is 0 Å². The Hall–Kier alpha value is -0.820. The van der Waals surface area contributed by atoms with Gasteiger partial charge in [0.2, 0.25) is 0 Å². The van der Waals surface area contributed by atoms with Gasteiger partial charge in [-0.1, -0.05) is 31.5 Å². The van der Waals surface area contributed by atoms with Crippen molar-refractivity contribution < 1.29 is 8.78 Å². The fraction of sp³-hybridized carbons (Fsp3) is 0.333. The minimum atomic E-state index is -0.599. The van der Waals surface area contributed by atoms with E-state index in [2.05, 4.69) is 46.4 Å². The van der Waals surface area contributed by atoms with Crippen LogP contribution >= 0.6 is 34.2 Å². The summed E-state index contributed by atoms with van der Waals surface area (Å²) < 4.78 is 27.4. The Balaban J connectivity index is 2.33. The molecular weight excluding hydrogens is 409 g/mol. The van der Waals surface area contributed by atoms with Gasteiger partial charge in [-0.2, -0.15) is 0 Å². The predicted octanol–water partition coefficient (Wildman–Crippen LogP) is 4.80. The summed E-state index contributed by atoms with van der Waals surface area (Å²) >= 11 is 8.24. The summed E-state index contributed by atoms with van der Waals surface area (Å²) in [6, 6.07) is 3.49. The van der Waals surface area contributed by atoms with E-state index < -0.39 is 11.6 Å². The van der Waals surface area contributed by atoms with Crippen molar-refractivity contribution in [2.24, 2.45) is 5.92 Å². The molecule has 0 aliphatic rings. The Morgan fingerprint density at radius 1 is 1.24 bits per heavy atom. The third-order valence-electron chi connectivity index (χ3n) is 2.89. The number of halogens is 4. The van der Waals surface area contributed by atoms with Crippen LogP contribution in [0.3, 0.4) is 0 Å². The van der Waals surface area contributed by atoms with Gasteiger partial charge in [-0.05, 0) is 46.6 Å². The standard InChI is InChI=1S/C15H14ClF2IN2/c1-8(2)5-12-14(19)15(16)21-13(20-12)6-9-3-4-10(17)7-11(9)18/h3-4,7-8H,5-6H2,1-2H3. The topological polar surface area (TPSA) is 25.8 Å². The molecule has 112 valence electrons. The molecule has 1 heterocycles. The summed E-state index contributed by atoms with van der Waals surface area (Å²) in [5.74, 6) is -0.321. The first-order valence-electron chi connectivity index (χ1n) is 6.51. The van der Waals surface area contributed by atoms with Crippen molar-refractivity contribution in [3.63, 3.8) is 0 Å². The average molecular weight is 423 g/mol. The lowest BCUT2D eigenvalue weighted by molar-refractivity contribution is 0.573. The maximum absolute atomic E-state index is 13.7. The molecule has 2 aromatic rings. The first-order valence-corrected chi connectivity index (χ1v) is 7.97. The van der Waals surface area contributed by atoms with Gasteiger partial charge in [0.1, 0.15) is 22.6 Å². The average Bonchev–Trinajstić information content (AvgIpc) is 2.38. The summed E-state index contributed by atoms with van der Waals surface area (Å²) in [6.45, 7) is 4.18. The second-order valence-electron chi connectivity index (χ2n) is 5.20. The van der Waals surface area contributed by atoms with Crippen LogP contribution in [0.25, 0.3) is 0 Å². The number of aromatic nitrogens is 2. The van der Waals surface area contributed by atoms with Gasteiger partial charge in [0.15, 0.2) is 0 Å². The Bertz CT molecular complexity index is 662. The fourth-order valence-corrected chi connectivity index (χ4v) is 2.62. The van der Waals surface area contributed by atoms with Gasteiger partial charge < -0.3 is 0 Å². The molecule has 1 aromatic carbocycles. The van der Waals surface area contributed by atoms with Crippen LogP contribution in [0.1, 0.15) is 30.9 Å². The molecule has 0 spiro atoms.